The van der Waals surface area contributed by atoms with Crippen LogP contribution >= 0.6 is 23.4 Å². The Balaban J connectivity index is 1.54. The fraction of sp³-hybridized carbons (Fsp3) is 0.435. The number of nitrogens with two attached hydrogens (primary N) is 1. The van der Waals surface area contributed by atoms with Gasteiger partial charge in [-0.05, 0) is 68.1 Å². The third-order valence-corrected chi connectivity index (χ3v) is 7.54. The van der Waals surface area contributed by atoms with Crippen LogP contribution in [0.2, 0.25) is 5.02 Å². The monoisotopic (exact) mass is 489 g/mol. The highest BCUT2D eigenvalue weighted by atomic mass is 35.5. The van der Waals surface area contributed by atoms with Gasteiger partial charge in [-0.2, -0.15) is 0 Å². The van der Waals surface area contributed by atoms with Gasteiger partial charge in [0.25, 0.3) is 5.91 Å². The van der Waals surface area contributed by atoms with E-state index in [-0.39, 0.29) is 5.91 Å². The predicted octanol–water partition coefficient (Wildman–Crippen LogP) is 3.84. The summed E-state index contributed by atoms with van der Waals surface area (Å²) in [7, 11) is 1.62. The average Bonchev–Trinajstić information content (AvgIpc) is 3.17. The molecule has 8 nitrogen and oxygen atoms in total. The molecule has 3 heterocycles. The van der Waals surface area contributed by atoms with Gasteiger partial charge in [-0.25, -0.2) is 9.97 Å². The third-order valence-electron chi connectivity index (χ3n) is 6.04. The number of aromatic nitrogens is 3. The van der Waals surface area contributed by atoms with E-state index < -0.39 is 6.10 Å². The summed E-state index contributed by atoms with van der Waals surface area (Å²) in [6, 6.07) is 7.47. The maximum atomic E-state index is 12.0. The van der Waals surface area contributed by atoms with Crippen molar-refractivity contribution in [2.75, 3.05) is 25.9 Å². The lowest BCUT2D eigenvalue weighted by molar-refractivity contribution is -0.140. The molecule has 3 N–H and O–H groups in total. The van der Waals surface area contributed by atoms with Gasteiger partial charge in [-0.1, -0.05) is 11.6 Å². The second kappa shape index (κ2) is 10.2. The minimum Gasteiger partial charge on any atom is -0.497 e. The van der Waals surface area contributed by atoms with Crippen LogP contribution in [-0.2, 0) is 11.3 Å². The number of nitrogen functional groups attached to an aromatic ring is 1. The molecular weight excluding hydrogens is 462 g/mol. The number of ether oxygens (including phenoxy) is 1. The van der Waals surface area contributed by atoms with Gasteiger partial charge >= 0.3 is 0 Å². The highest BCUT2D eigenvalue weighted by Crippen LogP contribution is 2.37. The van der Waals surface area contributed by atoms with Crippen LogP contribution in [-0.4, -0.2) is 56.8 Å². The first-order chi connectivity index (χ1) is 15.9. The van der Waals surface area contributed by atoms with E-state index in [1.807, 2.05) is 24.3 Å². The van der Waals surface area contributed by atoms with Gasteiger partial charge in [0, 0.05) is 30.7 Å². The molecule has 3 aromatic rings. The first-order valence-corrected chi connectivity index (χ1v) is 12.2. The first-order valence-electron chi connectivity index (χ1n) is 11.0. The number of methoxy groups -OCH3 is 1. The summed E-state index contributed by atoms with van der Waals surface area (Å²) < 4.78 is 7.52. The zero-order valence-corrected chi connectivity index (χ0v) is 20.3. The van der Waals surface area contributed by atoms with Crippen molar-refractivity contribution < 1.29 is 14.6 Å². The van der Waals surface area contributed by atoms with E-state index >= 15 is 0 Å². The molecule has 1 fully saturated rings. The molecule has 33 heavy (non-hydrogen) atoms. The van der Waals surface area contributed by atoms with Gasteiger partial charge in [-0.15, -0.1) is 0 Å². The number of rotatable bonds is 7. The normalized spacial score (nSPS) is 15.7. The molecule has 4 rings (SSSR count). The van der Waals surface area contributed by atoms with Gasteiger partial charge in [-0.3, -0.25) is 4.79 Å². The van der Waals surface area contributed by atoms with Crippen LogP contribution in [0.5, 0.6) is 5.75 Å². The maximum absolute atomic E-state index is 12.0. The number of nitrogens with zero attached hydrogens (tertiary/aromatic N) is 4. The highest BCUT2D eigenvalue weighted by Gasteiger charge is 2.25. The number of halogens is 1. The number of pyridine rings is 1. The van der Waals surface area contributed by atoms with E-state index in [4.69, 9.17) is 27.1 Å². The van der Waals surface area contributed by atoms with E-state index in [2.05, 4.69) is 9.55 Å². The Kier molecular flexibility index (Phi) is 7.31. The van der Waals surface area contributed by atoms with Crippen LogP contribution < -0.4 is 10.5 Å². The molecule has 1 aromatic carbocycles. The smallest absolute Gasteiger partial charge is 0.251 e. The first kappa shape index (κ1) is 23.7. The zero-order chi connectivity index (χ0) is 23.5. The Hall–Kier alpha value is -2.49. The molecule has 1 amide bonds. The number of fused-ring (bicyclic) bond motifs is 1. The second-order valence-electron chi connectivity index (χ2n) is 8.24. The van der Waals surface area contributed by atoms with Crippen molar-refractivity contribution in [1.29, 1.82) is 0 Å². The largest absolute Gasteiger partial charge is 0.497 e. The van der Waals surface area contributed by atoms with E-state index in [0.29, 0.717) is 35.4 Å². The number of aryl methyl sites for hydroxylation is 1. The minimum atomic E-state index is -0.944. The van der Waals surface area contributed by atoms with Crippen LogP contribution in [0.25, 0.3) is 11.0 Å². The number of carbonyl (C=O) groups excluding carboxylic acids is 1. The molecule has 0 aliphatic carbocycles. The van der Waals surface area contributed by atoms with Crippen molar-refractivity contribution in [3.8, 4) is 5.75 Å². The predicted molar refractivity (Wildman–Crippen MR) is 130 cm³/mol. The summed E-state index contributed by atoms with van der Waals surface area (Å²) in [6.45, 7) is 3.64. The second-order valence-corrected chi connectivity index (χ2v) is 9.66. The topological polar surface area (TPSA) is 107 Å². The number of aliphatic hydroxyl groups excluding tert-OH is 1. The molecule has 1 aliphatic heterocycles. The van der Waals surface area contributed by atoms with Gasteiger partial charge < -0.3 is 25.0 Å². The zero-order valence-electron chi connectivity index (χ0n) is 18.7. The SMILES string of the molecule is COc1ccc(Cl)c(Sc2nc3c(N)nccc3n2CCC2CCN(C(=O)[C@@H](C)O)CC2)c1. The molecule has 0 radical (unpaired) electrons. The van der Waals surface area contributed by atoms with Crippen molar-refractivity contribution in [2.45, 2.75) is 48.9 Å². The molecule has 10 heteroatoms. The summed E-state index contributed by atoms with van der Waals surface area (Å²) in [6.07, 6.45) is 3.53. The molecular formula is C23H28ClN5O3S. The van der Waals surface area contributed by atoms with Crippen LogP contribution in [0.4, 0.5) is 5.82 Å². The summed E-state index contributed by atoms with van der Waals surface area (Å²) in [4.78, 5) is 23.6. The van der Waals surface area contributed by atoms with Crippen molar-refractivity contribution >= 4 is 46.1 Å². The van der Waals surface area contributed by atoms with Crippen molar-refractivity contribution in [3.63, 3.8) is 0 Å². The Morgan fingerprint density at radius 2 is 2.12 bits per heavy atom. The molecule has 1 saturated heterocycles. The van der Waals surface area contributed by atoms with Gasteiger partial charge in [0.2, 0.25) is 0 Å². The standard InChI is InChI=1S/C23H28ClN5O3S/c1-14(30)22(31)28-10-6-15(7-11-28)8-12-29-18-5-9-26-21(25)20(18)27-23(29)33-19-13-16(32-2)3-4-17(19)24/h3-5,9,13-15,30H,6-8,10-12H2,1-2H3,(H2,25,26)/t14-/m1/s1. The average molecular weight is 490 g/mol. The molecule has 0 unspecified atom stereocenters. The number of aliphatic hydroxyl groups is 1. The van der Waals surface area contributed by atoms with Gasteiger partial charge in [0.15, 0.2) is 11.0 Å². The van der Waals surface area contributed by atoms with E-state index in [1.54, 1.807) is 18.2 Å². The summed E-state index contributed by atoms with van der Waals surface area (Å²) >= 11 is 7.92. The molecule has 176 valence electrons. The maximum Gasteiger partial charge on any atom is 0.251 e. The van der Waals surface area contributed by atoms with E-state index in [1.165, 1.54) is 18.7 Å². The minimum absolute atomic E-state index is 0.189. The summed E-state index contributed by atoms with van der Waals surface area (Å²) in [5.41, 5.74) is 7.73. The Morgan fingerprint density at radius 1 is 1.36 bits per heavy atom. The van der Waals surface area contributed by atoms with Crippen molar-refractivity contribution in [2.24, 2.45) is 5.92 Å². The fourth-order valence-electron chi connectivity index (χ4n) is 4.15. The number of hydrogen-bond donors (Lipinski definition) is 2. The number of imidazole rings is 1. The van der Waals surface area contributed by atoms with Crippen LogP contribution in [0.1, 0.15) is 26.2 Å². The number of piperidine rings is 1. The number of likely N-dealkylation sites (tertiary alicyclic amines) is 1. The molecule has 1 aliphatic rings. The summed E-state index contributed by atoms with van der Waals surface area (Å²) in [5.74, 6) is 1.42. The molecule has 2 aromatic heterocycles. The number of benzene rings is 1. The van der Waals surface area contributed by atoms with Gasteiger partial charge in [0.05, 0.1) is 17.6 Å². The lowest BCUT2D eigenvalue weighted by Crippen LogP contribution is -2.43. The molecule has 0 saturated carbocycles. The number of hydrogen-bond acceptors (Lipinski definition) is 7. The highest BCUT2D eigenvalue weighted by molar-refractivity contribution is 7.99. The van der Waals surface area contributed by atoms with Gasteiger partial charge in [0.1, 0.15) is 17.4 Å². The quantitative estimate of drug-likeness (QED) is 0.519. The Labute approximate surface area is 202 Å². The number of anilines is 1. The van der Waals surface area contributed by atoms with E-state index in [0.717, 1.165) is 47.1 Å². The lowest BCUT2D eigenvalue weighted by atomic mass is 9.93. The van der Waals surface area contributed by atoms with Crippen LogP contribution in [0.15, 0.2) is 40.5 Å². The fourth-order valence-corrected chi connectivity index (χ4v) is 5.36. The van der Waals surface area contributed by atoms with Crippen LogP contribution in [0.3, 0.4) is 0 Å². The number of carbonyl (C=O) groups is 1. The third kappa shape index (κ3) is 5.20. The molecule has 0 spiro atoms. The van der Waals surface area contributed by atoms with E-state index in [9.17, 15) is 9.90 Å². The van der Waals surface area contributed by atoms with Crippen LogP contribution in [0, 0.1) is 5.92 Å². The lowest BCUT2D eigenvalue weighted by Gasteiger charge is -2.32. The molecule has 1 atom stereocenters. The molecule has 0 bridgehead atoms. The number of amides is 1. The Morgan fingerprint density at radius 3 is 2.82 bits per heavy atom. The summed E-state index contributed by atoms with van der Waals surface area (Å²) in [5, 5.41) is 11.0. The Bertz CT molecular complexity index is 1140. The van der Waals surface area contributed by atoms with Crippen molar-refractivity contribution in [1.82, 2.24) is 19.4 Å². The van der Waals surface area contributed by atoms with Crippen molar-refractivity contribution in [3.05, 3.63) is 35.5 Å².